The van der Waals surface area contributed by atoms with Crippen molar-refractivity contribution in [3.63, 3.8) is 0 Å². The van der Waals surface area contributed by atoms with Crippen LogP contribution in [0.2, 0.25) is 0 Å². The molecule has 4 rings (SSSR count). The first-order chi connectivity index (χ1) is 17.1. The molecule has 1 aromatic heterocycles. The Balaban J connectivity index is 1.55. The molecule has 2 aliphatic rings. The maximum atomic E-state index is 13.6. The van der Waals surface area contributed by atoms with E-state index in [4.69, 9.17) is 5.11 Å². The fraction of sp³-hybridized carbons (Fsp3) is 0.571. The van der Waals surface area contributed by atoms with Gasteiger partial charge in [-0.1, -0.05) is 64.3 Å². The Labute approximate surface area is 213 Å². The van der Waals surface area contributed by atoms with Crippen molar-refractivity contribution < 1.29 is 19.5 Å². The molecule has 1 saturated carbocycles. The highest BCUT2D eigenvalue weighted by atomic mass is 16.4. The van der Waals surface area contributed by atoms with Crippen molar-refractivity contribution in [1.82, 2.24) is 19.8 Å². The summed E-state index contributed by atoms with van der Waals surface area (Å²) in [5, 5.41) is 11.6. The average molecular weight is 495 g/mol. The van der Waals surface area contributed by atoms with Gasteiger partial charge in [-0.2, -0.15) is 0 Å². The number of nitrogens with one attached hydrogen (secondary N) is 1. The van der Waals surface area contributed by atoms with Gasteiger partial charge in [0.25, 0.3) is 0 Å². The summed E-state index contributed by atoms with van der Waals surface area (Å²) in [6, 6.07) is 7.93. The van der Waals surface area contributed by atoms with Crippen molar-refractivity contribution in [3.8, 4) is 0 Å². The number of aliphatic carboxylic acids is 1. The molecular formula is C28H38N4O4. The predicted molar refractivity (Wildman–Crippen MR) is 136 cm³/mol. The predicted octanol–water partition coefficient (Wildman–Crippen LogP) is 3.65. The molecule has 8 nitrogen and oxygen atoms in total. The molecule has 8 heteroatoms. The quantitative estimate of drug-likeness (QED) is 0.611. The lowest BCUT2D eigenvalue weighted by Gasteiger charge is -2.37. The van der Waals surface area contributed by atoms with Crippen LogP contribution in [-0.4, -0.2) is 49.9 Å². The van der Waals surface area contributed by atoms with Crippen LogP contribution in [0, 0.1) is 5.92 Å². The molecule has 1 aliphatic heterocycles. The van der Waals surface area contributed by atoms with Crippen LogP contribution < -0.4 is 5.32 Å². The number of amides is 2. The maximum absolute atomic E-state index is 13.6. The topological polar surface area (TPSA) is 105 Å². The third kappa shape index (κ3) is 5.97. The second kappa shape index (κ2) is 10.8. The van der Waals surface area contributed by atoms with E-state index in [1.54, 1.807) is 11.2 Å². The minimum absolute atomic E-state index is 0.0287. The number of carboxylic acid groups (broad SMARTS) is 1. The molecule has 1 unspecified atom stereocenters. The zero-order chi connectivity index (χ0) is 25.9. The van der Waals surface area contributed by atoms with Crippen LogP contribution in [0.3, 0.4) is 0 Å². The average Bonchev–Trinajstić information content (AvgIpc) is 3.24. The molecule has 2 amide bonds. The largest absolute Gasteiger partial charge is 0.481 e. The van der Waals surface area contributed by atoms with Crippen LogP contribution in [0.1, 0.15) is 81.8 Å². The fourth-order valence-corrected chi connectivity index (χ4v) is 5.27. The van der Waals surface area contributed by atoms with Gasteiger partial charge in [0.2, 0.25) is 11.8 Å². The Hall–Kier alpha value is -3.16. The van der Waals surface area contributed by atoms with Crippen molar-refractivity contribution in [2.24, 2.45) is 5.92 Å². The number of hydrogen-bond acceptors (Lipinski definition) is 4. The number of nitrogens with zero attached hydrogens (tertiary/aromatic N) is 3. The third-order valence-corrected chi connectivity index (χ3v) is 7.47. The fourth-order valence-electron chi connectivity index (χ4n) is 5.27. The van der Waals surface area contributed by atoms with Crippen molar-refractivity contribution in [1.29, 1.82) is 0 Å². The minimum Gasteiger partial charge on any atom is -0.481 e. The van der Waals surface area contributed by atoms with Gasteiger partial charge in [0, 0.05) is 25.4 Å². The van der Waals surface area contributed by atoms with Crippen LogP contribution in [0.4, 0.5) is 0 Å². The van der Waals surface area contributed by atoms with E-state index in [1.807, 2.05) is 0 Å². The molecule has 0 spiro atoms. The van der Waals surface area contributed by atoms with Gasteiger partial charge in [-0.15, -0.1) is 0 Å². The van der Waals surface area contributed by atoms with Gasteiger partial charge >= 0.3 is 5.97 Å². The number of imidazole rings is 1. The van der Waals surface area contributed by atoms with E-state index in [1.165, 1.54) is 5.56 Å². The highest BCUT2D eigenvalue weighted by molar-refractivity contribution is 5.89. The highest BCUT2D eigenvalue weighted by Gasteiger charge is 2.39. The summed E-state index contributed by atoms with van der Waals surface area (Å²) in [5.41, 5.74) is 4.31. The number of hydrogen-bond donors (Lipinski definition) is 2. The SMILES string of the molecule is CC(C)(C)c1ccc(Cn2cnc3c2CN(C(=O)C2CCCCC2)C(C(=O)NCCC(=O)O)C3)cc1. The van der Waals surface area contributed by atoms with Crippen molar-refractivity contribution >= 4 is 17.8 Å². The van der Waals surface area contributed by atoms with Crippen LogP contribution in [0.15, 0.2) is 30.6 Å². The number of aromatic nitrogens is 2. The molecule has 2 heterocycles. The van der Waals surface area contributed by atoms with Crippen LogP contribution in [0.5, 0.6) is 0 Å². The molecule has 0 saturated heterocycles. The third-order valence-electron chi connectivity index (χ3n) is 7.47. The summed E-state index contributed by atoms with van der Waals surface area (Å²) in [6.07, 6.45) is 6.92. The molecule has 1 fully saturated rings. The van der Waals surface area contributed by atoms with E-state index >= 15 is 0 Å². The van der Waals surface area contributed by atoms with Crippen molar-refractivity contribution in [3.05, 3.63) is 53.1 Å². The Kier molecular flexibility index (Phi) is 7.81. The first-order valence-corrected chi connectivity index (χ1v) is 13.1. The Morgan fingerprint density at radius 2 is 1.78 bits per heavy atom. The monoisotopic (exact) mass is 494 g/mol. The van der Waals surface area contributed by atoms with Gasteiger partial charge in [-0.3, -0.25) is 14.4 Å². The lowest BCUT2D eigenvalue weighted by Crippen LogP contribution is -2.54. The van der Waals surface area contributed by atoms with Crippen LogP contribution in [0.25, 0.3) is 0 Å². The van der Waals surface area contributed by atoms with Gasteiger partial charge in [-0.25, -0.2) is 4.98 Å². The summed E-state index contributed by atoms with van der Waals surface area (Å²) in [4.78, 5) is 43.9. The first kappa shape index (κ1) is 25.9. The minimum atomic E-state index is -0.967. The zero-order valence-electron chi connectivity index (χ0n) is 21.6. The standard InChI is InChI=1S/C28H38N4O4/c1-28(2,3)21-11-9-19(10-12-21)16-31-18-30-22-15-23(26(35)29-14-13-25(33)34)32(17-24(22)31)27(36)20-7-5-4-6-8-20/h9-12,18,20,23H,4-8,13-17H2,1-3H3,(H,29,35)(H,33,34). The normalized spacial score (nSPS) is 18.5. The van der Waals surface area contributed by atoms with Gasteiger partial charge in [0.15, 0.2) is 0 Å². The van der Waals surface area contributed by atoms with Gasteiger partial charge < -0.3 is 19.9 Å². The number of rotatable bonds is 7. The molecule has 2 aromatic rings. The van der Waals surface area contributed by atoms with Crippen LogP contribution >= 0.6 is 0 Å². The molecule has 0 radical (unpaired) electrons. The van der Waals surface area contributed by atoms with Crippen LogP contribution in [-0.2, 0) is 39.3 Å². The summed E-state index contributed by atoms with van der Waals surface area (Å²) in [7, 11) is 0. The van der Waals surface area contributed by atoms with Crippen molar-refractivity contribution in [2.75, 3.05) is 6.54 Å². The van der Waals surface area contributed by atoms with E-state index in [9.17, 15) is 14.4 Å². The first-order valence-electron chi connectivity index (χ1n) is 13.1. The number of benzene rings is 1. The molecule has 36 heavy (non-hydrogen) atoms. The van der Waals surface area contributed by atoms with E-state index in [0.717, 1.165) is 49.1 Å². The Morgan fingerprint density at radius 3 is 2.42 bits per heavy atom. The number of carboxylic acids is 1. The van der Waals surface area contributed by atoms with Gasteiger partial charge in [0.1, 0.15) is 6.04 Å². The lowest BCUT2D eigenvalue weighted by atomic mass is 9.86. The molecule has 0 bridgehead atoms. The van der Waals surface area contributed by atoms with E-state index in [2.05, 4.69) is 59.9 Å². The number of carbonyl (C=O) groups is 3. The van der Waals surface area contributed by atoms with E-state index in [-0.39, 0.29) is 36.1 Å². The van der Waals surface area contributed by atoms with E-state index < -0.39 is 12.0 Å². The summed E-state index contributed by atoms with van der Waals surface area (Å²) in [5.74, 6) is -1.30. The smallest absolute Gasteiger partial charge is 0.305 e. The second-order valence-electron chi connectivity index (χ2n) is 11.2. The van der Waals surface area contributed by atoms with Gasteiger partial charge in [0.05, 0.1) is 30.7 Å². The Bertz CT molecular complexity index is 1090. The zero-order valence-corrected chi connectivity index (χ0v) is 21.6. The lowest BCUT2D eigenvalue weighted by molar-refractivity contribution is -0.146. The van der Waals surface area contributed by atoms with E-state index in [0.29, 0.717) is 19.5 Å². The second-order valence-corrected chi connectivity index (χ2v) is 11.2. The molecule has 194 valence electrons. The molecule has 2 N–H and O–H groups in total. The van der Waals surface area contributed by atoms with Gasteiger partial charge in [-0.05, 0) is 29.4 Å². The summed E-state index contributed by atoms with van der Waals surface area (Å²) >= 11 is 0. The molecular weight excluding hydrogens is 456 g/mol. The summed E-state index contributed by atoms with van der Waals surface area (Å²) in [6.45, 7) is 7.61. The number of fused-ring (bicyclic) bond motifs is 1. The molecule has 1 atom stereocenters. The number of carbonyl (C=O) groups excluding carboxylic acids is 2. The highest BCUT2D eigenvalue weighted by Crippen LogP contribution is 2.31. The molecule has 1 aliphatic carbocycles. The maximum Gasteiger partial charge on any atom is 0.305 e. The Morgan fingerprint density at radius 1 is 1.08 bits per heavy atom. The van der Waals surface area contributed by atoms with Crippen molar-refractivity contribution in [2.45, 2.75) is 90.3 Å². The molecule has 1 aromatic carbocycles. The summed E-state index contributed by atoms with van der Waals surface area (Å²) < 4.78 is 2.08.